The molecule has 0 fully saturated rings. The van der Waals surface area contributed by atoms with Crippen LogP contribution in [0.4, 0.5) is 0 Å². The zero-order chi connectivity index (χ0) is 15.4. The maximum Gasteiger partial charge on any atom is 0.265 e. The number of hydrogen-bond acceptors (Lipinski definition) is 4. The molecule has 2 rings (SSSR count). The molecule has 0 aliphatic carbocycles. The number of hydrogen-bond donors (Lipinski definition) is 2. The SMILES string of the molecule is CN(Cc1ccc(Cl)s1)Cc1ccc(C(=O)NN)cc1Br. The van der Waals surface area contributed by atoms with Crippen molar-refractivity contribution >= 4 is 44.8 Å². The molecule has 2 aromatic rings. The summed E-state index contributed by atoms with van der Waals surface area (Å²) in [6.07, 6.45) is 0. The predicted octanol–water partition coefficient (Wildman–Crippen LogP) is 3.40. The lowest BCUT2D eigenvalue weighted by molar-refractivity contribution is 0.0953. The summed E-state index contributed by atoms with van der Waals surface area (Å²) in [5.41, 5.74) is 3.76. The summed E-state index contributed by atoms with van der Waals surface area (Å²) in [6, 6.07) is 9.40. The van der Waals surface area contributed by atoms with E-state index in [-0.39, 0.29) is 5.91 Å². The van der Waals surface area contributed by atoms with Gasteiger partial charge in [-0.1, -0.05) is 33.6 Å². The number of benzene rings is 1. The number of nitrogens with two attached hydrogens (primary N) is 1. The van der Waals surface area contributed by atoms with Gasteiger partial charge in [-0.2, -0.15) is 0 Å². The molecule has 1 aromatic carbocycles. The van der Waals surface area contributed by atoms with Gasteiger partial charge in [0.05, 0.1) is 4.34 Å². The molecule has 112 valence electrons. The highest BCUT2D eigenvalue weighted by atomic mass is 79.9. The number of thiophene rings is 1. The van der Waals surface area contributed by atoms with Crippen molar-refractivity contribution in [2.45, 2.75) is 13.1 Å². The van der Waals surface area contributed by atoms with Crippen molar-refractivity contribution in [2.24, 2.45) is 5.84 Å². The molecule has 1 heterocycles. The van der Waals surface area contributed by atoms with Crippen molar-refractivity contribution in [1.29, 1.82) is 0 Å². The van der Waals surface area contributed by atoms with Crippen LogP contribution in [0.2, 0.25) is 4.34 Å². The van der Waals surface area contributed by atoms with E-state index in [1.807, 2.05) is 25.2 Å². The maximum atomic E-state index is 11.5. The van der Waals surface area contributed by atoms with E-state index in [4.69, 9.17) is 17.4 Å². The Kier molecular flexibility index (Phi) is 5.78. The first-order valence-corrected chi connectivity index (χ1v) is 8.20. The number of carbonyl (C=O) groups is 1. The molecule has 0 spiro atoms. The number of nitrogen functional groups attached to an aromatic ring is 1. The first-order chi connectivity index (χ1) is 9.99. The first-order valence-electron chi connectivity index (χ1n) is 6.21. The summed E-state index contributed by atoms with van der Waals surface area (Å²) in [4.78, 5) is 14.9. The molecule has 0 aliphatic heterocycles. The van der Waals surface area contributed by atoms with Gasteiger partial charge in [0.2, 0.25) is 0 Å². The molecule has 0 aliphatic rings. The van der Waals surface area contributed by atoms with Crippen LogP contribution >= 0.6 is 38.9 Å². The van der Waals surface area contributed by atoms with Crippen molar-refractivity contribution in [3.63, 3.8) is 0 Å². The Bertz CT molecular complexity index is 647. The molecule has 1 aromatic heterocycles. The van der Waals surface area contributed by atoms with Gasteiger partial charge in [-0.05, 0) is 36.9 Å². The number of carbonyl (C=O) groups excluding carboxylic acids is 1. The topological polar surface area (TPSA) is 58.4 Å². The standard InChI is InChI=1S/C14H15BrClN3OS/c1-19(8-11-4-5-13(16)21-11)7-10-3-2-9(6-12(10)15)14(20)18-17/h2-6H,7-8,17H2,1H3,(H,18,20). The normalized spacial score (nSPS) is 10.9. The van der Waals surface area contributed by atoms with Crippen LogP contribution in [0.25, 0.3) is 0 Å². The van der Waals surface area contributed by atoms with Crippen LogP contribution in [0.5, 0.6) is 0 Å². The summed E-state index contributed by atoms with van der Waals surface area (Å²) in [6.45, 7) is 1.59. The van der Waals surface area contributed by atoms with Crippen molar-refractivity contribution in [1.82, 2.24) is 10.3 Å². The van der Waals surface area contributed by atoms with Gasteiger partial charge in [-0.25, -0.2) is 5.84 Å². The third kappa shape index (κ3) is 4.52. The second kappa shape index (κ2) is 7.38. The average Bonchev–Trinajstić information content (AvgIpc) is 2.85. The van der Waals surface area contributed by atoms with E-state index in [1.54, 1.807) is 23.5 Å². The van der Waals surface area contributed by atoms with E-state index >= 15 is 0 Å². The molecule has 0 saturated carbocycles. The van der Waals surface area contributed by atoms with E-state index in [1.165, 1.54) is 4.88 Å². The van der Waals surface area contributed by atoms with Gasteiger partial charge in [0.1, 0.15) is 0 Å². The first kappa shape index (κ1) is 16.5. The molecule has 0 saturated heterocycles. The fourth-order valence-electron chi connectivity index (χ4n) is 1.95. The molecule has 1 amide bonds. The lowest BCUT2D eigenvalue weighted by atomic mass is 10.1. The Hall–Kier alpha value is -0.920. The van der Waals surface area contributed by atoms with Crippen LogP contribution < -0.4 is 11.3 Å². The number of nitrogens with zero attached hydrogens (tertiary/aromatic N) is 1. The quantitative estimate of drug-likeness (QED) is 0.469. The highest BCUT2D eigenvalue weighted by Crippen LogP contribution is 2.24. The van der Waals surface area contributed by atoms with Crippen LogP contribution in [0.3, 0.4) is 0 Å². The molecule has 0 atom stereocenters. The van der Waals surface area contributed by atoms with Crippen molar-refractivity contribution in [3.05, 3.63) is 55.1 Å². The lowest BCUT2D eigenvalue weighted by Crippen LogP contribution is -2.30. The molecule has 0 unspecified atom stereocenters. The summed E-state index contributed by atoms with van der Waals surface area (Å²) < 4.78 is 1.69. The minimum atomic E-state index is -0.302. The zero-order valence-corrected chi connectivity index (χ0v) is 14.6. The van der Waals surface area contributed by atoms with Gasteiger partial charge < -0.3 is 0 Å². The van der Waals surface area contributed by atoms with E-state index in [9.17, 15) is 4.79 Å². The predicted molar refractivity (Wildman–Crippen MR) is 90.3 cm³/mol. The summed E-state index contributed by atoms with van der Waals surface area (Å²) >= 11 is 11.0. The van der Waals surface area contributed by atoms with E-state index < -0.39 is 0 Å². The third-order valence-corrected chi connectivity index (χ3v) is 4.90. The zero-order valence-electron chi connectivity index (χ0n) is 11.4. The fraction of sp³-hybridized carbons (Fsp3) is 0.214. The Balaban J connectivity index is 2.03. The fourth-order valence-corrected chi connectivity index (χ4v) is 3.62. The Labute approximate surface area is 141 Å². The van der Waals surface area contributed by atoms with Crippen LogP contribution in [0.1, 0.15) is 20.8 Å². The van der Waals surface area contributed by atoms with Crippen LogP contribution in [0, 0.1) is 0 Å². The van der Waals surface area contributed by atoms with Gasteiger partial charge in [-0.3, -0.25) is 15.1 Å². The van der Waals surface area contributed by atoms with Gasteiger partial charge in [0, 0.05) is 28.0 Å². The van der Waals surface area contributed by atoms with E-state index in [0.29, 0.717) is 5.56 Å². The summed E-state index contributed by atoms with van der Waals surface area (Å²) in [7, 11) is 2.04. The smallest absolute Gasteiger partial charge is 0.265 e. The Morgan fingerprint density at radius 3 is 2.71 bits per heavy atom. The molecular formula is C14H15BrClN3OS. The highest BCUT2D eigenvalue weighted by Gasteiger charge is 2.10. The molecule has 0 radical (unpaired) electrons. The van der Waals surface area contributed by atoms with Gasteiger partial charge in [0.15, 0.2) is 0 Å². The number of amides is 1. The second-order valence-electron chi connectivity index (χ2n) is 4.66. The number of nitrogens with one attached hydrogen (secondary N) is 1. The average molecular weight is 389 g/mol. The number of halogens is 2. The largest absolute Gasteiger partial charge is 0.297 e. The summed E-state index contributed by atoms with van der Waals surface area (Å²) in [5.74, 6) is 4.83. The molecule has 7 heteroatoms. The molecule has 0 bridgehead atoms. The van der Waals surface area contributed by atoms with Crippen molar-refractivity contribution in [3.8, 4) is 0 Å². The van der Waals surface area contributed by atoms with Crippen LogP contribution in [-0.4, -0.2) is 17.9 Å². The minimum absolute atomic E-state index is 0.302. The third-order valence-electron chi connectivity index (χ3n) is 2.94. The second-order valence-corrected chi connectivity index (χ2v) is 7.31. The van der Waals surface area contributed by atoms with Crippen molar-refractivity contribution in [2.75, 3.05) is 7.05 Å². The molecule has 21 heavy (non-hydrogen) atoms. The van der Waals surface area contributed by atoms with E-state index in [2.05, 4.69) is 26.3 Å². The number of rotatable bonds is 5. The van der Waals surface area contributed by atoms with Crippen LogP contribution in [0.15, 0.2) is 34.8 Å². The monoisotopic (exact) mass is 387 g/mol. The van der Waals surface area contributed by atoms with Gasteiger partial charge in [-0.15, -0.1) is 11.3 Å². The number of hydrazine groups is 1. The van der Waals surface area contributed by atoms with Gasteiger partial charge >= 0.3 is 0 Å². The maximum absolute atomic E-state index is 11.5. The molecule has 3 N–H and O–H groups in total. The Morgan fingerprint density at radius 2 is 2.14 bits per heavy atom. The molecular weight excluding hydrogens is 374 g/mol. The molecule has 4 nitrogen and oxygen atoms in total. The van der Waals surface area contributed by atoms with E-state index in [0.717, 1.165) is 27.5 Å². The highest BCUT2D eigenvalue weighted by molar-refractivity contribution is 9.10. The van der Waals surface area contributed by atoms with Crippen LogP contribution in [-0.2, 0) is 13.1 Å². The summed E-state index contributed by atoms with van der Waals surface area (Å²) in [5, 5.41) is 0. The Morgan fingerprint density at radius 1 is 1.38 bits per heavy atom. The van der Waals surface area contributed by atoms with Gasteiger partial charge in [0.25, 0.3) is 5.91 Å². The van der Waals surface area contributed by atoms with Crippen molar-refractivity contribution < 1.29 is 4.79 Å². The lowest BCUT2D eigenvalue weighted by Gasteiger charge is -2.17. The minimum Gasteiger partial charge on any atom is -0.297 e.